The second kappa shape index (κ2) is 7.18. The molecule has 0 saturated carbocycles. The van der Waals surface area contributed by atoms with Crippen molar-refractivity contribution in [1.82, 2.24) is 20.1 Å². The zero-order valence-corrected chi connectivity index (χ0v) is 15.7. The number of carbonyl (C=O) groups is 2. The van der Waals surface area contributed by atoms with Crippen LogP contribution in [-0.2, 0) is 4.74 Å². The quantitative estimate of drug-likeness (QED) is 0.853. The highest BCUT2D eigenvalue weighted by molar-refractivity contribution is 5.98. The smallest absolute Gasteiger partial charge is 0.289 e. The van der Waals surface area contributed by atoms with Gasteiger partial charge >= 0.3 is 0 Å². The van der Waals surface area contributed by atoms with Crippen molar-refractivity contribution in [3.8, 4) is 0 Å². The summed E-state index contributed by atoms with van der Waals surface area (Å²) in [5.41, 5.74) is 0.823. The normalized spacial score (nSPS) is 27.1. The number of nitrogens with one attached hydrogen (secondary N) is 1. The number of nitrogens with zero attached hydrogens (tertiary/aromatic N) is 3. The van der Waals surface area contributed by atoms with Crippen LogP contribution in [0, 0.1) is 5.92 Å². The summed E-state index contributed by atoms with van der Waals surface area (Å²) >= 11 is 0. The average Bonchev–Trinajstić information content (AvgIpc) is 3.30. The van der Waals surface area contributed by atoms with Gasteiger partial charge in [-0.1, -0.05) is 0 Å². The monoisotopic (exact) mass is 384 g/mol. The van der Waals surface area contributed by atoms with Crippen molar-refractivity contribution in [2.45, 2.75) is 18.9 Å². The highest BCUT2D eigenvalue weighted by Gasteiger charge is 2.33. The highest BCUT2D eigenvalue weighted by atomic mass is 16.5. The van der Waals surface area contributed by atoms with Gasteiger partial charge in [0, 0.05) is 49.9 Å². The van der Waals surface area contributed by atoms with Crippen molar-refractivity contribution in [2.75, 3.05) is 45.9 Å². The maximum absolute atomic E-state index is 12.7. The van der Waals surface area contributed by atoms with E-state index in [0.29, 0.717) is 43.5 Å². The molecule has 0 spiro atoms. The Hall–Kier alpha value is -2.45. The largest absolute Gasteiger partial charge is 0.451 e. The summed E-state index contributed by atoms with van der Waals surface area (Å²) in [4.78, 5) is 33.7. The lowest BCUT2D eigenvalue weighted by atomic mass is 9.97. The molecule has 0 radical (unpaired) electrons. The van der Waals surface area contributed by atoms with Gasteiger partial charge in [-0.2, -0.15) is 0 Å². The van der Waals surface area contributed by atoms with Crippen molar-refractivity contribution in [1.29, 1.82) is 0 Å². The maximum atomic E-state index is 12.7. The Morgan fingerprint density at radius 3 is 2.82 bits per heavy atom. The molecule has 0 aromatic carbocycles. The predicted octanol–water partition coefficient (Wildman–Crippen LogP) is 1.12. The minimum Gasteiger partial charge on any atom is -0.451 e. The molecule has 5 rings (SSSR count). The first kappa shape index (κ1) is 17.6. The number of hydrogen-bond acceptors (Lipinski definition) is 6. The number of ether oxygens (including phenoxy) is 1. The average molecular weight is 384 g/mol. The van der Waals surface area contributed by atoms with Gasteiger partial charge in [-0.15, -0.1) is 0 Å². The van der Waals surface area contributed by atoms with Crippen LogP contribution >= 0.6 is 0 Å². The first-order valence-electron chi connectivity index (χ1n) is 9.95. The molecule has 28 heavy (non-hydrogen) atoms. The molecular weight excluding hydrogens is 360 g/mol. The fourth-order valence-electron chi connectivity index (χ4n) is 4.51. The Bertz CT molecular complexity index is 893. The summed E-state index contributed by atoms with van der Waals surface area (Å²) in [5, 5.41) is 3.83. The van der Waals surface area contributed by atoms with E-state index in [-0.39, 0.29) is 23.6 Å². The molecule has 148 valence electrons. The molecule has 2 amide bonds. The van der Waals surface area contributed by atoms with E-state index in [1.807, 2.05) is 0 Å². The zero-order valence-electron chi connectivity index (χ0n) is 15.7. The van der Waals surface area contributed by atoms with E-state index in [1.54, 1.807) is 23.2 Å². The van der Waals surface area contributed by atoms with E-state index in [2.05, 4.69) is 15.2 Å². The molecule has 3 unspecified atom stereocenters. The molecular formula is C20H24N4O4. The second-order valence-electron chi connectivity index (χ2n) is 7.94. The lowest BCUT2D eigenvalue weighted by molar-refractivity contribution is 0.0284. The number of amides is 2. The van der Waals surface area contributed by atoms with Crippen molar-refractivity contribution in [2.24, 2.45) is 5.92 Å². The molecule has 2 bridgehead atoms. The number of carbonyl (C=O) groups excluding carboxylic acids is 2. The number of aromatic nitrogens is 1. The van der Waals surface area contributed by atoms with Crippen molar-refractivity contribution < 1.29 is 18.7 Å². The van der Waals surface area contributed by atoms with Crippen LogP contribution < -0.4 is 5.32 Å². The number of rotatable bonds is 3. The number of morpholine rings is 1. The summed E-state index contributed by atoms with van der Waals surface area (Å²) in [7, 11) is 0. The van der Waals surface area contributed by atoms with Crippen LogP contribution in [-0.4, -0.2) is 78.6 Å². The Labute approximate surface area is 162 Å². The molecule has 3 fully saturated rings. The molecule has 3 aliphatic rings. The third-order valence-corrected chi connectivity index (χ3v) is 5.94. The number of furan rings is 1. The predicted molar refractivity (Wildman–Crippen MR) is 101 cm³/mol. The van der Waals surface area contributed by atoms with E-state index in [9.17, 15) is 9.59 Å². The van der Waals surface area contributed by atoms with Gasteiger partial charge in [-0.3, -0.25) is 14.6 Å². The molecule has 1 N–H and O–H groups in total. The third-order valence-electron chi connectivity index (χ3n) is 5.94. The lowest BCUT2D eigenvalue weighted by Crippen LogP contribution is -2.47. The van der Waals surface area contributed by atoms with Crippen molar-refractivity contribution in [3.05, 3.63) is 29.8 Å². The molecule has 3 saturated heterocycles. The molecule has 3 atom stereocenters. The van der Waals surface area contributed by atoms with Gasteiger partial charge in [0.25, 0.3) is 11.8 Å². The molecule has 3 aliphatic heterocycles. The van der Waals surface area contributed by atoms with E-state index in [0.717, 1.165) is 31.4 Å². The molecule has 8 heteroatoms. The van der Waals surface area contributed by atoms with Gasteiger partial charge in [0.2, 0.25) is 0 Å². The summed E-state index contributed by atoms with van der Waals surface area (Å²) in [6.45, 7) is 5.39. The standard InChI is InChI=1S/C20H24N4O4/c25-19(22-15-7-13-1-2-23(11-13)12-15)16-9-17-14(10-21-16)8-18(28-17)20(26)24-3-5-27-6-4-24/h8-10,13,15H,1-7,11-12H2,(H,22,25). The SMILES string of the molecule is O=C(NC1CC2CCN(C2)C1)c1cc2oc(C(=O)N3CCOCC3)cc2cn1. The van der Waals surface area contributed by atoms with Crippen LogP contribution in [0.2, 0.25) is 0 Å². The van der Waals surface area contributed by atoms with Crippen LogP contribution in [0.1, 0.15) is 33.9 Å². The van der Waals surface area contributed by atoms with Crippen molar-refractivity contribution in [3.63, 3.8) is 0 Å². The second-order valence-corrected chi connectivity index (χ2v) is 7.94. The van der Waals surface area contributed by atoms with E-state index in [4.69, 9.17) is 9.15 Å². The van der Waals surface area contributed by atoms with Crippen LogP contribution in [0.15, 0.2) is 22.7 Å². The minimum atomic E-state index is -0.188. The summed E-state index contributed by atoms with van der Waals surface area (Å²) in [5.74, 6) is 0.616. The molecule has 2 aromatic rings. The Kier molecular flexibility index (Phi) is 4.52. The minimum absolute atomic E-state index is 0.155. The topological polar surface area (TPSA) is 87.9 Å². The van der Waals surface area contributed by atoms with Crippen LogP contribution in [0.25, 0.3) is 11.0 Å². The first-order valence-corrected chi connectivity index (χ1v) is 9.95. The van der Waals surface area contributed by atoms with Crippen LogP contribution in [0.5, 0.6) is 0 Å². The van der Waals surface area contributed by atoms with Gasteiger partial charge in [-0.05, 0) is 31.4 Å². The number of hydrogen-bond donors (Lipinski definition) is 1. The summed E-state index contributed by atoms with van der Waals surface area (Å²) < 4.78 is 11.0. The van der Waals surface area contributed by atoms with Crippen LogP contribution in [0.4, 0.5) is 0 Å². The lowest BCUT2D eigenvalue weighted by Gasteiger charge is -2.30. The summed E-state index contributed by atoms with van der Waals surface area (Å²) in [6, 6.07) is 3.48. The van der Waals surface area contributed by atoms with E-state index >= 15 is 0 Å². The van der Waals surface area contributed by atoms with Gasteiger partial charge < -0.3 is 24.3 Å². The third kappa shape index (κ3) is 3.38. The Balaban J connectivity index is 1.30. The fourth-order valence-corrected chi connectivity index (χ4v) is 4.51. The molecule has 8 nitrogen and oxygen atoms in total. The van der Waals surface area contributed by atoms with Crippen molar-refractivity contribution >= 4 is 22.8 Å². The molecule has 2 aromatic heterocycles. The maximum Gasteiger partial charge on any atom is 0.289 e. The van der Waals surface area contributed by atoms with Crippen LogP contribution in [0.3, 0.4) is 0 Å². The van der Waals surface area contributed by atoms with E-state index < -0.39 is 0 Å². The fraction of sp³-hybridized carbons (Fsp3) is 0.550. The number of fused-ring (bicyclic) bond motifs is 3. The highest BCUT2D eigenvalue weighted by Crippen LogP contribution is 2.27. The molecule has 0 aliphatic carbocycles. The van der Waals surface area contributed by atoms with Gasteiger partial charge in [0.15, 0.2) is 5.76 Å². The Morgan fingerprint density at radius 1 is 1.14 bits per heavy atom. The summed E-state index contributed by atoms with van der Waals surface area (Å²) in [6.07, 6.45) is 3.85. The Morgan fingerprint density at radius 2 is 2.00 bits per heavy atom. The van der Waals surface area contributed by atoms with E-state index in [1.165, 1.54) is 6.42 Å². The molecule has 5 heterocycles. The van der Waals surface area contributed by atoms with Gasteiger partial charge in [0.05, 0.1) is 13.2 Å². The van der Waals surface area contributed by atoms with Gasteiger partial charge in [-0.25, -0.2) is 0 Å². The number of pyridine rings is 1. The number of piperidine rings is 1. The first-order chi connectivity index (χ1) is 13.7. The zero-order chi connectivity index (χ0) is 19.1. The van der Waals surface area contributed by atoms with Gasteiger partial charge in [0.1, 0.15) is 11.3 Å².